The Morgan fingerprint density at radius 1 is 1.14 bits per heavy atom. The van der Waals surface area contributed by atoms with E-state index in [0.29, 0.717) is 6.54 Å². The Bertz CT molecular complexity index is 732. The summed E-state index contributed by atoms with van der Waals surface area (Å²) in [4.78, 5) is 15.6. The van der Waals surface area contributed by atoms with Crippen LogP contribution in [0, 0.1) is 0 Å². The van der Waals surface area contributed by atoms with Gasteiger partial charge in [0.15, 0.2) is 6.10 Å². The summed E-state index contributed by atoms with van der Waals surface area (Å²) in [5.41, 5.74) is 2.88. The van der Waals surface area contributed by atoms with Gasteiger partial charge in [0.05, 0.1) is 6.54 Å². The van der Waals surface area contributed by atoms with Gasteiger partial charge < -0.3 is 15.0 Å². The van der Waals surface area contributed by atoms with Crippen molar-refractivity contribution >= 4 is 16.8 Å². The number of aromatic nitrogens is 1. The summed E-state index contributed by atoms with van der Waals surface area (Å²) in [6.07, 6.45) is -0.592. The molecule has 2 N–H and O–H groups in total. The molecule has 4 nitrogen and oxygen atoms in total. The standard InChI is InChI=1S/C18H18N2O2/c1-22-17(13-7-3-2-4-8-13)18(21)19-12-15-11-14-9-5-6-10-16(14)20-15/h2-11,17,20H,12H2,1H3,(H,19,21). The van der Waals surface area contributed by atoms with Crippen molar-refractivity contribution < 1.29 is 9.53 Å². The summed E-state index contributed by atoms with van der Waals surface area (Å²) in [5.74, 6) is -0.146. The lowest BCUT2D eigenvalue weighted by atomic mass is 10.1. The van der Waals surface area contributed by atoms with Gasteiger partial charge in [-0.1, -0.05) is 48.5 Å². The van der Waals surface area contributed by atoms with Crippen LogP contribution in [0.25, 0.3) is 10.9 Å². The number of carbonyl (C=O) groups is 1. The van der Waals surface area contributed by atoms with E-state index in [1.165, 1.54) is 0 Å². The summed E-state index contributed by atoms with van der Waals surface area (Å²) >= 11 is 0. The van der Waals surface area contributed by atoms with Gasteiger partial charge in [0.2, 0.25) is 0 Å². The molecule has 0 saturated heterocycles. The van der Waals surface area contributed by atoms with Crippen LogP contribution in [0.5, 0.6) is 0 Å². The van der Waals surface area contributed by atoms with Crippen molar-refractivity contribution in [2.24, 2.45) is 0 Å². The van der Waals surface area contributed by atoms with Crippen molar-refractivity contribution in [3.8, 4) is 0 Å². The van der Waals surface area contributed by atoms with Crippen LogP contribution in [-0.4, -0.2) is 18.0 Å². The van der Waals surface area contributed by atoms with E-state index in [4.69, 9.17) is 4.74 Å². The molecule has 22 heavy (non-hydrogen) atoms. The zero-order chi connectivity index (χ0) is 15.4. The van der Waals surface area contributed by atoms with Gasteiger partial charge in [0, 0.05) is 18.3 Å². The van der Waals surface area contributed by atoms with Gasteiger partial charge in [-0.15, -0.1) is 0 Å². The predicted octanol–water partition coefficient (Wildman–Crippen LogP) is 3.17. The van der Waals surface area contributed by atoms with Crippen LogP contribution < -0.4 is 5.32 Å². The Hall–Kier alpha value is -2.59. The first kappa shape index (κ1) is 14.4. The number of methoxy groups -OCH3 is 1. The van der Waals surface area contributed by atoms with E-state index in [-0.39, 0.29) is 5.91 Å². The number of ether oxygens (including phenoxy) is 1. The number of benzene rings is 2. The maximum Gasteiger partial charge on any atom is 0.254 e. The minimum atomic E-state index is -0.592. The van der Waals surface area contributed by atoms with Crippen molar-refractivity contribution in [1.29, 1.82) is 0 Å². The van der Waals surface area contributed by atoms with Gasteiger partial charge in [0.1, 0.15) is 0 Å². The first-order valence-corrected chi connectivity index (χ1v) is 7.20. The summed E-state index contributed by atoms with van der Waals surface area (Å²) in [6.45, 7) is 0.445. The summed E-state index contributed by atoms with van der Waals surface area (Å²) in [5, 5.41) is 4.05. The summed E-state index contributed by atoms with van der Waals surface area (Å²) < 4.78 is 5.32. The summed E-state index contributed by atoms with van der Waals surface area (Å²) in [6, 6.07) is 19.6. The lowest BCUT2D eigenvalue weighted by Gasteiger charge is -2.15. The van der Waals surface area contributed by atoms with E-state index >= 15 is 0 Å². The molecule has 0 spiro atoms. The van der Waals surface area contributed by atoms with Crippen LogP contribution in [0.1, 0.15) is 17.4 Å². The maximum absolute atomic E-state index is 12.3. The van der Waals surface area contributed by atoms with Gasteiger partial charge in [-0.2, -0.15) is 0 Å². The van der Waals surface area contributed by atoms with Crippen LogP contribution in [0.3, 0.4) is 0 Å². The highest BCUT2D eigenvalue weighted by molar-refractivity contribution is 5.83. The molecule has 0 aliphatic carbocycles. The Labute approximate surface area is 129 Å². The third kappa shape index (κ3) is 3.02. The number of hydrogen-bond donors (Lipinski definition) is 2. The molecule has 3 aromatic rings. The van der Waals surface area contributed by atoms with E-state index in [9.17, 15) is 4.79 Å². The molecule has 1 amide bonds. The minimum absolute atomic E-state index is 0.146. The molecule has 2 aromatic carbocycles. The number of amides is 1. The highest BCUT2D eigenvalue weighted by Crippen LogP contribution is 2.17. The highest BCUT2D eigenvalue weighted by Gasteiger charge is 2.19. The Kier molecular flexibility index (Phi) is 4.21. The molecule has 112 valence electrons. The maximum atomic E-state index is 12.3. The van der Waals surface area contributed by atoms with E-state index in [1.807, 2.05) is 60.7 Å². The van der Waals surface area contributed by atoms with E-state index in [2.05, 4.69) is 10.3 Å². The van der Waals surface area contributed by atoms with Gasteiger partial charge >= 0.3 is 0 Å². The Morgan fingerprint density at radius 2 is 1.86 bits per heavy atom. The van der Waals surface area contributed by atoms with Crippen LogP contribution >= 0.6 is 0 Å². The second-order valence-corrected chi connectivity index (χ2v) is 5.13. The number of fused-ring (bicyclic) bond motifs is 1. The third-order valence-electron chi connectivity index (χ3n) is 3.61. The number of rotatable bonds is 5. The highest BCUT2D eigenvalue weighted by atomic mass is 16.5. The Balaban J connectivity index is 1.68. The molecular formula is C18H18N2O2. The second kappa shape index (κ2) is 6.45. The quantitative estimate of drug-likeness (QED) is 0.759. The number of para-hydroxylation sites is 1. The largest absolute Gasteiger partial charge is 0.367 e. The van der Waals surface area contributed by atoms with Crippen LogP contribution in [-0.2, 0) is 16.1 Å². The van der Waals surface area contributed by atoms with Crippen molar-refractivity contribution in [2.45, 2.75) is 12.6 Å². The molecule has 0 radical (unpaired) electrons. The molecular weight excluding hydrogens is 276 g/mol. The lowest BCUT2D eigenvalue weighted by Crippen LogP contribution is -2.30. The summed E-state index contributed by atoms with van der Waals surface area (Å²) in [7, 11) is 1.54. The predicted molar refractivity (Wildman–Crippen MR) is 86.3 cm³/mol. The van der Waals surface area contributed by atoms with E-state index in [0.717, 1.165) is 22.2 Å². The molecule has 1 unspecified atom stereocenters. The van der Waals surface area contributed by atoms with Crippen molar-refractivity contribution in [1.82, 2.24) is 10.3 Å². The fourth-order valence-corrected chi connectivity index (χ4v) is 2.53. The molecule has 1 aromatic heterocycles. The van der Waals surface area contributed by atoms with Crippen molar-refractivity contribution in [3.63, 3.8) is 0 Å². The minimum Gasteiger partial charge on any atom is -0.367 e. The van der Waals surface area contributed by atoms with Gasteiger partial charge in [0.25, 0.3) is 5.91 Å². The molecule has 0 saturated carbocycles. The number of aromatic amines is 1. The van der Waals surface area contributed by atoms with E-state index < -0.39 is 6.10 Å². The lowest BCUT2D eigenvalue weighted by molar-refractivity contribution is -0.131. The number of nitrogens with one attached hydrogen (secondary N) is 2. The fraction of sp³-hybridized carbons (Fsp3) is 0.167. The normalized spacial score (nSPS) is 12.2. The SMILES string of the molecule is COC(C(=O)NCc1cc2ccccc2[nH]1)c1ccccc1. The smallest absolute Gasteiger partial charge is 0.254 e. The molecule has 0 bridgehead atoms. The fourth-order valence-electron chi connectivity index (χ4n) is 2.53. The average Bonchev–Trinajstić information content (AvgIpc) is 2.97. The first-order valence-electron chi connectivity index (χ1n) is 7.20. The topological polar surface area (TPSA) is 54.1 Å². The molecule has 4 heteroatoms. The first-order chi connectivity index (χ1) is 10.8. The molecule has 0 aliphatic rings. The van der Waals surface area contributed by atoms with Crippen LogP contribution in [0.15, 0.2) is 60.7 Å². The number of hydrogen-bond acceptors (Lipinski definition) is 2. The number of H-pyrrole nitrogens is 1. The molecule has 0 fully saturated rings. The van der Waals surface area contributed by atoms with Crippen LogP contribution in [0.4, 0.5) is 0 Å². The van der Waals surface area contributed by atoms with Gasteiger partial charge in [-0.3, -0.25) is 4.79 Å². The van der Waals surface area contributed by atoms with Crippen LogP contribution in [0.2, 0.25) is 0 Å². The number of carbonyl (C=O) groups excluding carboxylic acids is 1. The third-order valence-corrected chi connectivity index (χ3v) is 3.61. The molecule has 3 rings (SSSR count). The molecule has 0 aliphatic heterocycles. The van der Waals surface area contributed by atoms with Gasteiger partial charge in [-0.05, 0) is 23.1 Å². The molecule has 1 heterocycles. The zero-order valence-electron chi connectivity index (χ0n) is 12.4. The zero-order valence-corrected chi connectivity index (χ0v) is 12.4. The average molecular weight is 294 g/mol. The van der Waals surface area contributed by atoms with Crippen molar-refractivity contribution in [2.75, 3.05) is 7.11 Å². The Morgan fingerprint density at radius 3 is 2.59 bits per heavy atom. The second-order valence-electron chi connectivity index (χ2n) is 5.13. The monoisotopic (exact) mass is 294 g/mol. The molecule has 1 atom stereocenters. The van der Waals surface area contributed by atoms with Crippen molar-refractivity contribution in [3.05, 3.63) is 71.9 Å². The van der Waals surface area contributed by atoms with Gasteiger partial charge in [-0.25, -0.2) is 0 Å². The van der Waals surface area contributed by atoms with E-state index in [1.54, 1.807) is 7.11 Å².